The zero-order chi connectivity index (χ0) is 27.1. The number of nitrogens with zero attached hydrogens (tertiary/aromatic N) is 3. The molecule has 39 heavy (non-hydrogen) atoms. The van der Waals surface area contributed by atoms with E-state index in [2.05, 4.69) is 20.2 Å². The molecular formula is C27H29N7O4S. The number of hydrogen-bond acceptors (Lipinski definition) is 7. The molecule has 1 heterocycles. The molecule has 1 amide bonds. The Hall–Kier alpha value is -4.84. The van der Waals surface area contributed by atoms with Crippen molar-refractivity contribution in [2.75, 3.05) is 4.72 Å². The Kier molecular flexibility index (Phi) is 9.29. The second kappa shape index (κ2) is 12.6. The topological polar surface area (TPSA) is 173 Å². The van der Waals surface area contributed by atoms with Crippen LogP contribution in [0.4, 0.5) is 5.82 Å². The first-order valence-electron chi connectivity index (χ1n) is 11.5. The van der Waals surface area contributed by atoms with Crippen LogP contribution in [-0.2, 0) is 33.7 Å². The number of sulfonamides is 1. The van der Waals surface area contributed by atoms with Crippen LogP contribution >= 0.6 is 0 Å². The molecule has 0 aliphatic heterocycles. The SMILES string of the molecule is C.N=C(N)c1ccc(CNC(=O)Cn2c(-c3ccccc3)nnc(NS(=O)(=O)Cc3ccccc3)c2=O)cc1. The average molecular weight is 548 g/mol. The molecule has 0 aliphatic carbocycles. The summed E-state index contributed by atoms with van der Waals surface area (Å²) in [5.74, 6) is -1.31. The molecule has 0 radical (unpaired) electrons. The van der Waals surface area contributed by atoms with Crippen LogP contribution in [0.2, 0.25) is 0 Å². The van der Waals surface area contributed by atoms with Gasteiger partial charge in [-0.15, -0.1) is 10.2 Å². The molecule has 5 N–H and O–H groups in total. The van der Waals surface area contributed by atoms with Crippen LogP contribution in [0.25, 0.3) is 11.4 Å². The summed E-state index contributed by atoms with van der Waals surface area (Å²) >= 11 is 0. The van der Waals surface area contributed by atoms with E-state index in [0.29, 0.717) is 16.7 Å². The third-order valence-corrected chi connectivity index (χ3v) is 6.71. The van der Waals surface area contributed by atoms with Crippen LogP contribution in [-0.4, -0.2) is 34.9 Å². The number of anilines is 1. The van der Waals surface area contributed by atoms with Crippen LogP contribution < -0.4 is 21.3 Å². The number of carbonyl (C=O) groups is 1. The van der Waals surface area contributed by atoms with Crippen molar-refractivity contribution in [1.82, 2.24) is 20.1 Å². The minimum atomic E-state index is -3.98. The Bertz CT molecular complexity index is 1610. The molecule has 0 atom stereocenters. The highest BCUT2D eigenvalue weighted by Crippen LogP contribution is 2.16. The summed E-state index contributed by atoms with van der Waals surface area (Å²) in [5.41, 5.74) is 7.04. The van der Waals surface area contributed by atoms with E-state index in [1.54, 1.807) is 84.9 Å². The van der Waals surface area contributed by atoms with Crippen molar-refractivity contribution in [2.45, 2.75) is 26.3 Å². The molecule has 0 bridgehead atoms. The van der Waals surface area contributed by atoms with E-state index < -0.39 is 33.9 Å². The molecule has 12 heteroatoms. The second-order valence-corrected chi connectivity index (χ2v) is 10.1. The molecule has 3 aromatic carbocycles. The Morgan fingerprint density at radius 3 is 2.13 bits per heavy atom. The van der Waals surface area contributed by atoms with Crippen molar-refractivity contribution in [3.8, 4) is 11.4 Å². The first-order chi connectivity index (χ1) is 18.2. The molecule has 0 aliphatic rings. The number of benzene rings is 3. The van der Waals surface area contributed by atoms with E-state index >= 15 is 0 Å². The van der Waals surface area contributed by atoms with Crippen molar-refractivity contribution >= 4 is 27.6 Å². The lowest BCUT2D eigenvalue weighted by molar-refractivity contribution is -0.121. The van der Waals surface area contributed by atoms with E-state index in [1.165, 1.54) is 0 Å². The predicted octanol–water partition coefficient (Wildman–Crippen LogP) is 2.48. The van der Waals surface area contributed by atoms with E-state index in [9.17, 15) is 18.0 Å². The summed E-state index contributed by atoms with van der Waals surface area (Å²) in [6.45, 7) is -0.251. The minimum absolute atomic E-state index is 0. The van der Waals surface area contributed by atoms with E-state index in [0.717, 1.165) is 10.1 Å². The van der Waals surface area contributed by atoms with Crippen LogP contribution in [0.5, 0.6) is 0 Å². The zero-order valence-corrected chi connectivity index (χ0v) is 21.0. The summed E-state index contributed by atoms with van der Waals surface area (Å²) in [6, 6.07) is 24.0. The maximum absolute atomic E-state index is 13.3. The van der Waals surface area contributed by atoms with Crippen molar-refractivity contribution < 1.29 is 13.2 Å². The lowest BCUT2D eigenvalue weighted by atomic mass is 10.1. The van der Waals surface area contributed by atoms with E-state index in [1.807, 2.05) is 0 Å². The van der Waals surface area contributed by atoms with Gasteiger partial charge in [0.05, 0.1) is 5.75 Å². The van der Waals surface area contributed by atoms with E-state index in [-0.39, 0.29) is 31.4 Å². The number of carbonyl (C=O) groups excluding carboxylic acids is 1. The molecule has 0 saturated heterocycles. The van der Waals surface area contributed by atoms with Gasteiger partial charge in [0.25, 0.3) is 5.56 Å². The molecule has 0 spiro atoms. The van der Waals surface area contributed by atoms with Gasteiger partial charge in [0, 0.05) is 17.7 Å². The Labute approximate surface area is 226 Å². The number of rotatable bonds is 10. The summed E-state index contributed by atoms with van der Waals surface area (Å²) in [4.78, 5) is 26.1. The van der Waals surface area contributed by atoms with Gasteiger partial charge in [-0.2, -0.15) is 0 Å². The Balaban J connectivity index is 0.00000420. The van der Waals surface area contributed by atoms with Crippen molar-refractivity contribution in [3.63, 3.8) is 0 Å². The fraction of sp³-hybridized carbons (Fsp3) is 0.148. The van der Waals surface area contributed by atoms with Crippen LogP contribution in [0.15, 0.2) is 89.7 Å². The highest BCUT2D eigenvalue weighted by molar-refractivity contribution is 7.91. The van der Waals surface area contributed by atoms with Crippen LogP contribution in [0.1, 0.15) is 24.1 Å². The number of aromatic nitrogens is 3. The number of amidine groups is 1. The lowest BCUT2D eigenvalue weighted by Crippen LogP contribution is -2.35. The van der Waals surface area contributed by atoms with Crippen LogP contribution in [0, 0.1) is 5.41 Å². The minimum Gasteiger partial charge on any atom is -0.384 e. The number of nitrogens with two attached hydrogens (primary N) is 1. The van der Waals surface area contributed by atoms with E-state index in [4.69, 9.17) is 11.1 Å². The van der Waals surface area contributed by atoms with Gasteiger partial charge in [0.1, 0.15) is 12.4 Å². The maximum Gasteiger partial charge on any atom is 0.298 e. The van der Waals surface area contributed by atoms with Crippen molar-refractivity contribution in [1.29, 1.82) is 5.41 Å². The second-order valence-electron chi connectivity index (χ2n) is 8.36. The number of amides is 1. The zero-order valence-electron chi connectivity index (χ0n) is 20.2. The summed E-state index contributed by atoms with van der Waals surface area (Å²) in [5, 5.41) is 18.1. The molecule has 202 valence electrons. The highest BCUT2D eigenvalue weighted by Gasteiger charge is 2.20. The molecule has 11 nitrogen and oxygen atoms in total. The lowest BCUT2D eigenvalue weighted by Gasteiger charge is -2.14. The smallest absolute Gasteiger partial charge is 0.298 e. The molecule has 0 saturated carbocycles. The third kappa shape index (κ3) is 7.58. The average Bonchev–Trinajstić information content (AvgIpc) is 2.91. The number of hydrogen-bond donors (Lipinski definition) is 4. The Morgan fingerprint density at radius 2 is 1.51 bits per heavy atom. The monoisotopic (exact) mass is 547 g/mol. The Morgan fingerprint density at radius 1 is 0.897 bits per heavy atom. The molecular weight excluding hydrogens is 518 g/mol. The molecule has 0 unspecified atom stereocenters. The van der Waals surface area contributed by atoms with Gasteiger partial charge in [-0.25, -0.2) is 8.42 Å². The van der Waals surface area contributed by atoms with Gasteiger partial charge < -0.3 is 11.1 Å². The first-order valence-corrected chi connectivity index (χ1v) is 13.1. The van der Waals surface area contributed by atoms with Gasteiger partial charge in [-0.1, -0.05) is 92.4 Å². The first kappa shape index (κ1) is 28.7. The summed E-state index contributed by atoms with van der Waals surface area (Å²) in [7, 11) is -3.98. The quantitative estimate of drug-likeness (QED) is 0.174. The van der Waals surface area contributed by atoms with Gasteiger partial charge >= 0.3 is 0 Å². The molecule has 4 rings (SSSR count). The normalized spacial score (nSPS) is 10.8. The summed E-state index contributed by atoms with van der Waals surface area (Å²) < 4.78 is 28.7. The number of nitrogen functional groups attached to an aromatic ring is 1. The van der Waals surface area contributed by atoms with Gasteiger partial charge in [-0.3, -0.25) is 24.3 Å². The van der Waals surface area contributed by atoms with Crippen molar-refractivity contribution in [2.24, 2.45) is 5.73 Å². The van der Waals surface area contributed by atoms with Gasteiger partial charge in [0.2, 0.25) is 21.7 Å². The van der Waals surface area contributed by atoms with Crippen LogP contribution in [0.3, 0.4) is 0 Å². The maximum atomic E-state index is 13.3. The highest BCUT2D eigenvalue weighted by atomic mass is 32.2. The fourth-order valence-corrected chi connectivity index (χ4v) is 4.74. The fourth-order valence-electron chi connectivity index (χ4n) is 3.61. The standard InChI is InChI=1S/C26H25N7O4S.CH4/c27-23(28)20-13-11-18(12-14-20)15-29-22(34)16-33-25(21-9-5-2-6-10-21)31-30-24(26(33)35)32-38(36,37)17-19-7-3-1-4-8-19;/h1-14H,15-17H2,(H3,27,28)(H,29,34)(H,30,32);1H4. The number of nitrogens with one attached hydrogen (secondary N) is 3. The predicted molar refractivity (Wildman–Crippen MR) is 150 cm³/mol. The van der Waals surface area contributed by atoms with Gasteiger partial charge in [-0.05, 0) is 11.1 Å². The third-order valence-electron chi connectivity index (χ3n) is 5.49. The van der Waals surface area contributed by atoms with Gasteiger partial charge in [0.15, 0.2) is 5.82 Å². The summed E-state index contributed by atoms with van der Waals surface area (Å²) in [6.07, 6.45) is 0. The van der Waals surface area contributed by atoms with Crippen molar-refractivity contribution in [3.05, 3.63) is 112 Å². The molecule has 4 aromatic rings. The largest absolute Gasteiger partial charge is 0.384 e. The molecule has 1 aromatic heterocycles. The molecule has 0 fully saturated rings.